The van der Waals surface area contributed by atoms with E-state index in [9.17, 15) is 9.59 Å². The van der Waals surface area contributed by atoms with Crippen LogP contribution in [0.1, 0.15) is 16.8 Å². The summed E-state index contributed by atoms with van der Waals surface area (Å²) in [7, 11) is 5.87. The van der Waals surface area contributed by atoms with Crippen molar-refractivity contribution in [1.82, 2.24) is 15.5 Å². The molecule has 0 aliphatic rings. The molecular formula is C17H23N4O3+. The van der Waals surface area contributed by atoms with E-state index in [2.05, 4.69) is 15.5 Å². The van der Waals surface area contributed by atoms with Crippen LogP contribution in [0.25, 0.3) is 11.3 Å². The Kier molecular flexibility index (Phi) is 5.35. The first kappa shape index (κ1) is 17.7. The van der Waals surface area contributed by atoms with Crippen molar-refractivity contribution in [3.63, 3.8) is 0 Å². The first-order valence-corrected chi connectivity index (χ1v) is 7.67. The van der Waals surface area contributed by atoms with Gasteiger partial charge in [0.05, 0.1) is 45.8 Å². The molecule has 3 N–H and O–H groups in total. The first-order chi connectivity index (χ1) is 11.2. The monoisotopic (exact) mass is 331 g/mol. The van der Waals surface area contributed by atoms with Gasteiger partial charge in [-0.25, -0.2) is 0 Å². The molecule has 0 fully saturated rings. The second-order valence-electron chi connectivity index (χ2n) is 6.79. The summed E-state index contributed by atoms with van der Waals surface area (Å²) >= 11 is 0. The number of rotatable bonds is 7. The third-order valence-corrected chi connectivity index (χ3v) is 3.46. The molecule has 0 saturated carbocycles. The van der Waals surface area contributed by atoms with Crippen LogP contribution in [0.2, 0.25) is 0 Å². The minimum Gasteiger partial charge on any atom is -0.481 e. The van der Waals surface area contributed by atoms with E-state index in [1.807, 2.05) is 33.3 Å². The van der Waals surface area contributed by atoms with Gasteiger partial charge in [-0.2, -0.15) is 5.10 Å². The van der Waals surface area contributed by atoms with E-state index in [1.54, 1.807) is 24.4 Å². The summed E-state index contributed by atoms with van der Waals surface area (Å²) in [6, 6.07) is 8.51. The molecule has 7 nitrogen and oxygen atoms in total. The van der Waals surface area contributed by atoms with Crippen LogP contribution in [0, 0.1) is 0 Å². The zero-order chi connectivity index (χ0) is 17.7. The summed E-state index contributed by atoms with van der Waals surface area (Å²) in [5, 5.41) is 18.7. The highest BCUT2D eigenvalue weighted by molar-refractivity contribution is 5.95. The molecule has 24 heavy (non-hydrogen) atoms. The molecule has 1 aromatic heterocycles. The molecule has 0 aliphatic heterocycles. The van der Waals surface area contributed by atoms with Crippen LogP contribution < -0.4 is 5.32 Å². The Bertz CT molecular complexity index is 705. The minimum absolute atomic E-state index is 0.110. The van der Waals surface area contributed by atoms with Crippen molar-refractivity contribution in [2.24, 2.45) is 0 Å². The van der Waals surface area contributed by atoms with Crippen LogP contribution >= 0.6 is 0 Å². The van der Waals surface area contributed by atoms with Gasteiger partial charge >= 0.3 is 5.97 Å². The number of aromatic nitrogens is 2. The number of hydrogen-bond donors (Lipinski definition) is 3. The topological polar surface area (TPSA) is 95.1 Å². The van der Waals surface area contributed by atoms with E-state index in [-0.39, 0.29) is 12.3 Å². The van der Waals surface area contributed by atoms with E-state index in [4.69, 9.17) is 5.11 Å². The Hall–Kier alpha value is -2.67. The maximum atomic E-state index is 12.5. The molecule has 7 heteroatoms. The predicted octanol–water partition coefficient (Wildman–Crippen LogP) is 1.36. The number of benzene rings is 1. The molecule has 1 heterocycles. The van der Waals surface area contributed by atoms with E-state index in [0.29, 0.717) is 16.6 Å². The average molecular weight is 331 g/mol. The number of carboxylic acid groups (broad SMARTS) is 1. The lowest BCUT2D eigenvalue weighted by molar-refractivity contribution is -0.871. The fourth-order valence-corrected chi connectivity index (χ4v) is 2.55. The van der Waals surface area contributed by atoms with Crippen LogP contribution in [-0.4, -0.2) is 65.4 Å². The zero-order valence-corrected chi connectivity index (χ0v) is 14.1. The summed E-state index contributed by atoms with van der Waals surface area (Å²) in [5.74, 6) is -1.21. The molecule has 1 amide bonds. The average Bonchev–Trinajstić information content (AvgIpc) is 2.99. The smallest absolute Gasteiger partial charge is 0.305 e. The fourth-order valence-electron chi connectivity index (χ4n) is 2.55. The van der Waals surface area contributed by atoms with Crippen molar-refractivity contribution in [2.45, 2.75) is 12.5 Å². The van der Waals surface area contributed by atoms with E-state index < -0.39 is 12.0 Å². The number of nitrogens with zero attached hydrogens (tertiary/aromatic N) is 2. The normalized spacial score (nSPS) is 12.6. The Labute approximate surface area is 140 Å². The largest absolute Gasteiger partial charge is 0.481 e. The van der Waals surface area contributed by atoms with Gasteiger partial charge in [0.15, 0.2) is 0 Å². The van der Waals surface area contributed by atoms with Crippen molar-refractivity contribution < 1.29 is 19.2 Å². The number of quaternary nitrogens is 1. The number of amides is 1. The number of H-pyrrole nitrogens is 1. The number of aromatic amines is 1. The Balaban J connectivity index is 2.14. The first-order valence-electron chi connectivity index (χ1n) is 7.67. The lowest BCUT2D eigenvalue weighted by atomic mass is 10.1. The van der Waals surface area contributed by atoms with Crippen molar-refractivity contribution in [3.05, 3.63) is 42.1 Å². The summed E-state index contributed by atoms with van der Waals surface area (Å²) in [6.07, 6.45) is 1.54. The lowest BCUT2D eigenvalue weighted by Crippen LogP contribution is -2.49. The lowest BCUT2D eigenvalue weighted by Gasteiger charge is -2.29. The quantitative estimate of drug-likeness (QED) is 0.668. The Morgan fingerprint density at radius 2 is 2.04 bits per heavy atom. The second kappa shape index (κ2) is 7.27. The molecule has 0 aliphatic carbocycles. The Morgan fingerprint density at radius 1 is 1.29 bits per heavy atom. The summed E-state index contributed by atoms with van der Waals surface area (Å²) in [4.78, 5) is 23.6. The van der Waals surface area contributed by atoms with Crippen LogP contribution in [0.3, 0.4) is 0 Å². The van der Waals surface area contributed by atoms with Gasteiger partial charge in [0, 0.05) is 17.3 Å². The number of carbonyl (C=O) groups is 2. The van der Waals surface area contributed by atoms with E-state index in [0.717, 1.165) is 11.3 Å². The van der Waals surface area contributed by atoms with Crippen molar-refractivity contribution >= 4 is 11.9 Å². The van der Waals surface area contributed by atoms with Crippen molar-refractivity contribution in [3.8, 4) is 11.3 Å². The van der Waals surface area contributed by atoms with Gasteiger partial charge < -0.3 is 14.9 Å². The SMILES string of the molecule is C[N+](C)(C)C[C@@H](CC(=O)O)NC(=O)c1cccc(-c2ccn[nH]2)c1. The van der Waals surface area contributed by atoms with Gasteiger partial charge in [-0.1, -0.05) is 12.1 Å². The van der Waals surface area contributed by atoms with Gasteiger partial charge in [0.2, 0.25) is 0 Å². The number of nitrogens with one attached hydrogen (secondary N) is 2. The molecule has 1 atom stereocenters. The number of aliphatic carboxylic acids is 1. The minimum atomic E-state index is -0.931. The highest BCUT2D eigenvalue weighted by Gasteiger charge is 2.23. The Morgan fingerprint density at radius 3 is 2.62 bits per heavy atom. The molecule has 0 unspecified atom stereocenters. The molecule has 0 saturated heterocycles. The second-order valence-corrected chi connectivity index (χ2v) is 6.79. The molecule has 2 aromatic rings. The van der Waals surface area contributed by atoms with E-state index in [1.165, 1.54) is 0 Å². The van der Waals surface area contributed by atoms with Gasteiger partial charge in [-0.15, -0.1) is 0 Å². The number of hydrogen-bond acceptors (Lipinski definition) is 3. The highest BCUT2D eigenvalue weighted by Crippen LogP contribution is 2.17. The maximum absolute atomic E-state index is 12.5. The summed E-state index contributed by atoms with van der Waals surface area (Å²) in [5.41, 5.74) is 2.15. The van der Waals surface area contributed by atoms with Crippen LogP contribution in [0.15, 0.2) is 36.5 Å². The number of likely N-dealkylation sites (N-methyl/N-ethyl adjacent to an activating group) is 1. The standard InChI is InChI=1S/C17H22N4O3/c1-21(2,3)11-14(10-16(22)23)19-17(24)13-6-4-5-12(9-13)15-7-8-18-20-15/h4-9,14H,10-11H2,1-3H3,(H2-,18,19,20,22,23,24)/p+1/t14-/m1/s1. The molecule has 0 spiro atoms. The zero-order valence-electron chi connectivity index (χ0n) is 14.1. The number of carbonyl (C=O) groups excluding carboxylic acids is 1. The van der Waals surface area contributed by atoms with Crippen LogP contribution in [0.4, 0.5) is 0 Å². The number of carboxylic acids is 1. The van der Waals surface area contributed by atoms with Gasteiger partial charge in [-0.05, 0) is 18.2 Å². The van der Waals surface area contributed by atoms with E-state index >= 15 is 0 Å². The van der Waals surface area contributed by atoms with Gasteiger partial charge in [0.25, 0.3) is 5.91 Å². The molecule has 0 radical (unpaired) electrons. The summed E-state index contributed by atoms with van der Waals surface area (Å²) < 4.78 is 0.562. The van der Waals surface area contributed by atoms with Crippen LogP contribution in [0.5, 0.6) is 0 Å². The van der Waals surface area contributed by atoms with Crippen molar-refractivity contribution in [1.29, 1.82) is 0 Å². The third-order valence-electron chi connectivity index (χ3n) is 3.46. The summed E-state index contributed by atoms with van der Waals surface area (Å²) in [6.45, 7) is 0.526. The highest BCUT2D eigenvalue weighted by atomic mass is 16.4. The predicted molar refractivity (Wildman–Crippen MR) is 90.4 cm³/mol. The third kappa shape index (κ3) is 5.20. The molecule has 0 bridgehead atoms. The maximum Gasteiger partial charge on any atom is 0.305 e. The molecule has 1 aromatic carbocycles. The molecule has 128 valence electrons. The molecular weight excluding hydrogens is 308 g/mol. The van der Waals surface area contributed by atoms with Gasteiger partial charge in [-0.3, -0.25) is 14.7 Å². The van der Waals surface area contributed by atoms with Crippen molar-refractivity contribution in [2.75, 3.05) is 27.7 Å². The van der Waals surface area contributed by atoms with Crippen LogP contribution in [-0.2, 0) is 4.79 Å². The fraction of sp³-hybridized carbons (Fsp3) is 0.353. The molecule has 2 rings (SSSR count). The van der Waals surface area contributed by atoms with Gasteiger partial charge in [0.1, 0.15) is 0 Å².